The zero-order valence-corrected chi connectivity index (χ0v) is 15.6. The summed E-state index contributed by atoms with van der Waals surface area (Å²) in [5.74, 6) is -0.326. The highest BCUT2D eigenvalue weighted by Crippen LogP contribution is 2.30. The number of rotatable bonds is 3. The van der Waals surface area contributed by atoms with E-state index in [1.807, 2.05) is 19.0 Å². The lowest BCUT2D eigenvalue weighted by atomic mass is 10.0. The molecule has 1 aliphatic rings. The molecule has 1 aromatic carbocycles. The number of aromatic nitrogens is 1. The average molecular weight is 357 g/mol. The number of nitrogens with zero attached hydrogens (tertiary/aromatic N) is 2. The van der Waals surface area contributed by atoms with E-state index >= 15 is 0 Å². The number of anilines is 1. The van der Waals surface area contributed by atoms with Crippen molar-refractivity contribution in [2.24, 2.45) is 5.10 Å². The zero-order valence-electron chi connectivity index (χ0n) is 15.6. The molecule has 0 aliphatic carbocycles. The predicted octanol–water partition coefficient (Wildman–Crippen LogP) is 2.65. The summed E-state index contributed by atoms with van der Waals surface area (Å²) >= 11 is 0. The molecule has 3 rings (SSSR count). The summed E-state index contributed by atoms with van der Waals surface area (Å²) in [4.78, 5) is 29.8. The molecule has 8 nitrogen and oxygen atoms in total. The van der Waals surface area contributed by atoms with Crippen molar-refractivity contribution >= 4 is 34.8 Å². The van der Waals surface area contributed by atoms with Crippen LogP contribution in [0.2, 0.25) is 0 Å². The second-order valence-electron chi connectivity index (χ2n) is 7.53. The largest absolute Gasteiger partial charge is 0.444 e. The van der Waals surface area contributed by atoms with Crippen LogP contribution in [0.3, 0.4) is 0 Å². The lowest BCUT2D eigenvalue weighted by molar-refractivity contribution is 0.0635. The molecule has 3 N–H and O–H groups in total. The second-order valence-corrected chi connectivity index (χ2v) is 7.53. The molecule has 8 heteroatoms. The minimum atomic E-state index is -0.608. The first-order chi connectivity index (χ1) is 12.1. The SMILES string of the molecule is CN(C)Cc1[nH]c2cc(NC(=O)OC(C)(C)C)cc3c2c1C=NNC3=O. The van der Waals surface area contributed by atoms with E-state index in [9.17, 15) is 9.59 Å². The van der Waals surface area contributed by atoms with Gasteiger partial charge in [-0.15, -0.1) is 0 Å². The summed E-state index contributed by atoms with van der Waals surface area (Å²) < 4.78 is 5.28. The molecular formula is C18H23N5O3. The molecule has 2 aromatic rings. The summed E-state index contributed by atoms with van der Waals surface area (Å²) in [6, 6.07) is 3.42. The Morgan fingerprint density at radius 2 is 2.04 bits per heavy atom. The van der Waals surface area contributed by atoms with E-state index < -0.39 is 11.7 Å². The van der Waals surface area contributed by atoms with Crippen molar-refractivity contribution in [3.05, 3.63) is 29.0 Å². The number of amides is 2. The number of carbonyl (C=O) groups excluding carboxylic acids is 2. The molecule has 138 valence electrons. The number of nitrogens with one attached hydrogen (secondary N) is 3. The van der Waals surface area contributed by atoms with Crippen LogP contribution in [0.4, 0.5) is 10.5 Å². The van der Waals surface area contributed by atoms with Crippen LogP contribution in [0.5, 0.6) is 0 Å². The molecule has 0 bridgehead atoms. The molecular weight excluding hydrogens is 334 g/mol. The highest BCUT2D eigenvalue weighted by Gasteiger charge is 2.23. The van der Waals surface area contributed by atoms with Crippen molar-refractivity contribution in [2.75, 3.05) is 19.4 Å². The topological polar surface area (TPSA) is 98.8 Å². The van der Waals surface area contributed by atoms with Crippen molar-refractivity contribution in [1.29, 1.82) is 0 Å². The predicted molar refractivity (Wildman–Crippen MR) is 101 cm³/mol. The van der Waals surface area contributed by atoms with Crippen LogP contribution in [0.25, 0.3) is 10.9 Å². The average Bonchev–Trinajstić information content (AvgIpc) is 2.70. The second kappa shape index (κ2) is 6.45. The van der Waals surface area contributed by atoms with Crippen molar-refractivity contribution < 1.29 is 14.3 Å². The van der Waals surface area contributed by atoms with Gasteiger partial charge in [0.05, 0.1) is 11.8 Å². The lowest BCUT2D eigenvalue weighted by Crippen LogP contribution is -2.27. The van der Waals surface area contributed by atoms with Gasteiger partial charge in [-0.3, -0.25) is 10.1 Å². The molecule has 2 amide bonds. The molecule has 0 radical (unpaired) electrons. The Morgan fingerprint density at radius 1 is 1.31 bits per heavy atom. The van der Waals surface area contributed by atoms with Gasteiger partial charge in [-0.05, 0) is 47.0 Å². The van der Waals surface area contributed by atoms with Crippen LogP contribution in [0, 0.1) is 0 Å². The van der Waals surface area contributed by atoms with Gasteiger partial charge in [0.25, 0.3) is 5.91 Å². The maximum atomic E-state index is 12.4. The van der Waals surface area contributed by atoms with Crippen LogP contribution in [0.1, 0.15) is 42.4 Å². The first-order valence-corrected chi connectivity index (χ1v) is 8.31. The van der Waals surface area contributed by atoms with Crippen LogP contribution < -0.4 is 10.7 Å². The number of H-pyrrole nitrogens is 1. The van der Waals surface area contributed by atoms with E-state index in [2.05, 4.69) is 20.8 Å². The summed E-state index contributed by atoms with van der Waals surface area (Å²) in [5, 5.41) is 7.47. The van der Waals surface area contributed by atoms with Gasteiger partial charge in [0.2, 0.25) is 0 Å². The Morgan fingerprint density at radius 3 is 2.69 bits per heavy atom. The standard InChI is InChI=1S/C18H23N5O3/c1-18(2,3)26-17(25)20-10-6-11-15-12(8-19-22-16(11)24)14(9-23(4)5)21-13(15)7-10/h6-8,21H,9H2,1-5H3,(H,20,25)(H,22,24). The van der Waals surface area contributed by atoms with E-state index in [-0.39, 0.29) is 5.91 Å². The fourth-order valence-corrected chi connectivity index (χ4v) is 2.88. The van der Waals surface area contributed by atoms with Gasteiger partial charge in [-0.1, -0.05) is 0 Å². The highest BCUT2D eigenvalue weighted by molar-refractivity contribution is 6.16. The van der Waals surface area contributed by atoms with Crippen LogP contribution >= 0.6 is 0 Å². The van der Waals surface area contributed by atoms with Gasteiger partial charge in [-0.2, -0.15) is 5.10 Å². The van der Waals surface area contributed by atoms with Gasteiger partial charge in [-0.25, -0.2) is 10.2 Å². The third-order valence-corrected chi connectivity index (χ3v) is 3.74. The Labute approximate surface area is 151 Å². The van der Waals surface area contributed by atoms with Crippen molar-refractivity contribution in [2.45, 2.75) is 32.9 Å². The van der Waals surface area contributed by atoms with Gasteiger partial charge in [0, 0.05) is 34.4 Å². The van der Waals surface area contributed by atoms with E-state index in [1.54, 1.807) is 39.1 Å². The minimum Gasteiger partial charge on any atom is -0.444 e. The Bertz CT molecular complexity index is 906. The summed E-state index contributed by atoms with van der Waals surface area (Å²) in [5.41, 5.74) is 5.38. The van der Waals surface area contributed by atoms with E-state index in [0.717, 1.165) is 22.2 Å². The molecule has 1 aromatic heterocycles. The minimum absolute atomic E-state index is 0.326. The first-order valence-electron chi connectivity index (χ1n) is 8.31. The van der Waals surface area contributed by atoms with Crippen molar-refractivity contribution in [3.63, 3.8) is 0 Å². The van der Waals surface area contributed by atoms with Crippen LogP contribution in [-0.4, -0.2) is 47.8 Å². The Balaban J connectivity index is 2.06. The molecule has 0 unspecified atom stereocenters. The molecule has 26 heavy (non-hydrogen) atoms. The molecule has 0 spiro atoms. The number of hydrogen-bond donors (Lipinski definition) is 3. The number of hydrazone groups is 1. The Kier molecular flexibility index (Phi) is 4.45. The molecule has 0 atom stereocenters. The highest BCUT2D eigenvalue weighted by atomic mass is 16.6. The Hall–Kier alpha value is -2.87. The van der Waals surface area contributed by atoms with E-state index in [0.29, 0.717) is 17.8 Å². The maximum absolute atomic E-state index is 12.4. The normalized spacial score (nSPS) is 13.7. The lowest BCUT2D eigenvalue weighted by Gasteiger charge is -2.19. The van der Waals surface area contributed by atoms with Gasteiger partial charge >= 0.3 is 6.09 Å². The number of carbonyl (C=O) groups is 2. The molecule has 0 saturated heterocycles. The number of hydrogen-bond acceptors (Lipinski definition) is 5. The van der Waals surface area contributed by atoms with Gasteiger partial charge in [0.15, 0.2) is 0 Å². The smallest absolute Gasteiger partial charge is 0.412 e. The molecule has 0 saturated carbocycles. The fourth-order valence-electron chi connectivity index (χ4n) is 2.88. The number of aromatic amines is 1. The van der Waals surface area contributed by atoms with Crippen LogP contribution in [0.15, 0.2) is 17.2 Å². The van der Waals surface area contributed by atoms with Crippen LogP contribution in [-0.2, 0) is 11.3 Å². The third kappa shape index (κ3) is 3.70. The summed E-state index contributed by atoms with van der Waals surface area (Å²) in [6.45, 7) is 6.04. The fraction of sp³-hybridized carbons (Fsp3) is 0.389. The number of benzene rings is 1. The van der Waals surface area contributed by atoms with Crippen molar-refractivity contribution in [1.82, 2.24) is 15.3 Å². The van der Waals surface area contributed by atoms with E-state index in [1.165, 1.54) is 0 Å². The quantitative estimate of drug-likeness (QED) is 0.786. The summed E-state index contributed by atoms with van der Waals surface area (Å²) in [6.07, 6.45) is 1.07. The monoisotopic (exact) mass is 357 g/mol. The molecule has 1 aliphatic heterocycles. The van der Waals surface area contributed by atoms with E-state index in [4.69, 9.17) is 4.74 Å². The van der Waals surface area contributed by atoms with Gasteiger partial charge in [0.1, 0.15) is 5.60 Å². The number of ether oxygens (including phenoxy) is 1. The van der Waals surface area contributed by atoms with Gasteiger partial charge < -0.3 is 14.6 Å². The first kappa shape index (κ1) is 17.9. The molecule has 0 fully saturated rings. The van der Waals surface area contributed by atoms with Crippen molar-refractivity contribution in [3.8, 4) is 0 Å². The zero-order chi connectivity index (χ0) is 19.1. The third-order valence-electron chi connectivity index (χ3n) is 3.74. The summed E-state index contributed by atoms with van der Waals surface area (Å²) in [7, 11) is 3.93. The maximum Gasteiger partial charge on any atom is 0.412 e. The molecule has 2 heterocycles.